The Bertz CT molecular complexity index is 2360. The van der Waals surface area contributed by atoms with Crippen molar-refractivity contribution in [3.8, 4) is 17.4 Å². The van der Waals surface area contributed by atoms with Crippen LogP contribution in [0.2, 0.25) is 10.0 Å². The van der Waals surface area contributed by atoms with Crippen molar-refractivity contribution in [1.29, 1.82) is 0 Å². The molecule has 2 fully saturated rings. The van der Waals surface area contributed by atoms with E-state index in [1.807, 2.05) is 48.7 Å². The maximum Gasteiger partial charge on any atom is 0.265 e. The number of halogens is 2. The van der Waals surface area contributed by atoms with Crippen LogP contribution in [0.5, 0.6) is 17.4 Å². The van der Waals surface area contributed by atoms with Crippen LogP contribution in [0.1, 0.15) is 74.7 Å². The first-order valence-corrected chi connectivity index (χ1v) is 22.7. The molecule has 3 N–H and O–H groups in total. The minimum Gasteiger partial charge on any atom is -0.476 e. The first-order chi connectivity index (χ1) is 29.4. The number of rotatable bonds is 14. The first kappa shape index (κ1) is 43.4. The van der Waals surface area contributed by atoms with Crippen LogP contribution in [-0.2, 0) is 4.74 Å². The van der Waals surface area contributed by atoms with Crippen molar-refractivity contribution in [2.75, 3.05) is 57.9 Å². The lowest BCUT2D eigenvalue weighted by Crippen LogP contribution is -2.47. The number of nitrogens with one attached hydrogen (secondary N) is 2. The summed E-state index contributed by atoms with van der Waals surface area (Å²) in [6.45, 7) is 10.0. The lowest BCUT2D eigenvalue weighted by Gasteiger charge is -2.39. The van der Waals surface area contributed by atoms with Crippen LogP contribution < -0.4 is 19.1 Å². The fraction of sp³-hybridized carbons (Fsp3) is 0.426. The van der Waals surface area contributed by atoms with Crippen LogP contribution in [0, 0.1) is 11.3 Å². The van der Waals surface area contributed by atoms with Crippen LogP contribution in [0.15, 0.2) is 89.7 Å². The number of aromatic amines is 1. The molecule has 5 aromatic rings. The largest absolute Gasteiger partial charge is 0.476 e. The molecule has 0 radical (unpaired) electrons. The minimum atomic E-state index is -0.765. The number of carbonyl (C=O) groups excluding carboxylic acids is 1. The number of hydrogen-bond donors (Lipinski definition) is 3. The number of hydrogen-bond acceptors (Lipinski definition) is 10. The van der Waals surface area contributed by atoms with Gasteiger partial charge in [0.05, 0.1) is 30.6 Å². The van der Waals surface area contributed by atoms with Gasteiger partial charge in [0.2, 0.25) is 5.88 Å². The van der Waals surface area contributed by atoms with E-state index in [1.165, 1.54) is 23.1 Å². The van der Waals surface area contributed by atoms with Crippen LogP contribution in [0.3, 0.4) is 0 Å². The van der Waals surface area contributed by atoms with E-state index in [9.17, 15) is 9.90 Å². The van der Waals surface area contributed by atoms with Gasteiger partial charge in [0, 0.05) is 79.3 Å². The molecule has 4 heterocycles. The molecule has 0 atom stereocenters. The number of fused-ring (bicyclic) bond motifs is 1. The minimum absolute atomic E-state index is 0.269. The van der Waals surface area contributed by atoms with Crippen molar-refractivity contribution in [2.24, 2.45) is 11.3 Å². The van der Waals surface area contributed by atoms with Gasteiger partial charge in [-0.05, 0) is 122 Å². The topological polar surface area (TPSA) is 125 Å². The van der Waals surface area contributed by atoms with Crippen molar-refractivity contribution in [1.82, 2.24) is 24.6 Å². The third kappa shape index (κ3) is 10.8. The lowest BCUT2D eigenvalue weighted by molar-refractivity contribution is -0.0671. The quantitative estimate of drug-likeness (QED) is 0.0929. The Morgan fingerprint density at radius 2 is 1.77 bits per heavy atom. The number of pyridine rings is 2. The summed E-state index contributed by atoms with van der Waals surface area (Å²) in [5, 5.41) is 12.7. The predicted octanol–water partition coefficient (Wildman–Crippen LogP) is 10.2. The summed E-state index contributed by atoms with van der Waals surface area (Å²) >= 11 is 14.0. The van der Waals surface area contributed by atoms with E-state index in [2.05, 4.69) is 55.5 Å². The fourth-order valence-electron chi connectivity index (χ4n) is 8.70. The zero-order valence-electron chi connectivity index (χ0n) is 35.0. The van der Waals surface area contributed by atoms with Gasteiger partial charge in [-0.2, -0.15) is 0 Å². The summed E-state index contributed by atoms with van der Waals surface area (Å²) in [6.07, 6.45) is 11.5. The van der Waals surface area contributed by atoms with Crippen LogP contribution >= 0.6 is 35.1 Å². The SMILES string of the molecule is COCC1(O)CCC(COc2ncc(SNC(=O)c3ccc(N4CCN(CC5=C(c6ccc(Cl)cc6)CC(C)(C)CC5)CC4)cc3Oc3cnc4[nH]ccc4c3)cc2Cl)CC1. The predicted molar refractivity (Wildman–Crippen MR) is 244 cm³/mol. The fourth-order valence-corrected chi connectivity index (χ4v) is 9.72. The summed E-state index contributed by atoms with van der Waals surface area (Å²) in [5.41, 5.74) is 5.91. The van der Waals surface area contributed by atoms with Gasteiger partial charge in [-0.25, -0.2) is 9.97 Å². The van der Waals surface area contributed by atoms with E-state index in [4.69, 9.17) is 37.4 Å². The Balaban J connectivity index is 0.924. The molecule has 8 rings (SSSR count). The average molecular weight is 886 g/mol. The number of carbonyl (C=O) groups is 1. The summed E-state index contributed by atoms with van der Waals surface area (Å²) in [4.78, 5) is 31.5. The van der Waals surface area contributed by atoms with Crippen LogP contribution in [-0.4, -0.2) is 89.5 Å². The molecule has 0 spiro atoms. The number of benzene rings is 2. The maximum atomic E-state index is 13.9. The van der Waals surface area contributed by atoms with E-state index >= 15 is 0 Å². The van der Waals surface area contributed by atoms with Crippen molar-refractivity contribution in [3.05, 3.63) is 106 Å². The summed E-state index contributed by atoms with van der Waals surface area (Å²) < 4.78 is 20.6. The van der Waals surface area contributed by atoms with Gasteiger partial charge in [-0.15, -0.1) is 0 Å². The van der Waals surface area contributed by atoms with E-state index in [0.717, 1.165) is 92.1 Å². The van der Waals surface area contributed by atoms with Gasteiger partial charge in [0.1, 0.15) is 22.2 Å². The number of aromatic nitrogens is 3. The maximum absolute atomic E-state index is 13.9. The van der Waals surface area contributed by atoms with E-state index in [0.29, 0.717) is 64.8 Å². The Morgan fingerprint density at radius 1 is 0.984 bits per heavy atom. The normalized spacial score (nSPS) is 20.8. The summed E-state index contributed by atoms with van der Waals surface area (Å²) in [7, 11) is 1.61. The van der Waals surface area contributed by atoms with E-state index in [-0.39, 0.29) is 11.3 Å². The first-order valence-electron chi connectivity index (χ1n) is 21.1. The van der Waals surface area contributed by atoms with Gasteiger partial charge in [-0.1, -0.05) is 54.8 Å². The van der Waals surface area contributed by atoms with E-state index < -0.39 is 5.60 Å². The van der Waals surface area contributed by atoms with E-state index in [1.54, 1.807) is 25.6 Å². The number of methoxy groups -OCH3 is 1. The highest BCUT2D eigenvalue weighted by Crippen LogP contribution is 2.44. The number of ether oxygens (including phenoxy) is 3. The second-order valence-corrected chi connectivity index (χ2v) is 19.2. The highest BCUT2D eigenvalue weighted by Gasteiger charge is 2.34. The number of nitrogens with zero attached hydrogens (tertiary/aromatic N) is 4. The Kier molecular flexibility index (Phi) is 13.5. The Labute approximate surface area is 372 Å². The molecule has 2 aromatic carbocycles. The van der Waals surface area contributed by atoms with Gasteiger partial charge < -0.3 is 29.2 Å². The Morgan fingerprint density at radius 3 is 2.52 bits per heavy atom. The molecular formula is C47H54Cl2N6O5S. The second kappa shape index (κ2) is 19.0. The average Bonchev–Trinajstić information content (AvgIpc) is 3.72. The molecule has 2 aliphatic carbocycles. The molecule has 1 aliphatic heterocycles. The molecule has 0 unspecified atom stereocenters. The highest BCUT2D eigenvalue weighted by molar-refractivity contribution is 7.98. The van der Waals surface area contributed by atoms with Crippen molar-refractivity contribution >= 4 is 63.4 Å². The molecule has 1 saturated heterocycles. The number of anilines is 1. The number of piperazine rings is 1. The third-order valence-corrected chi connectivity index (χ3v) is 13.6. The Hall–Kier alpha value is -4.30. The van der Waals surface area contributed by atoms with Gasteiger partial charge >= 0.3 is 0 Å². The lowest BCUT2D eigenvalue weighted by atomic mass is 9.72. The zero-order valence-corrected chi connectivity index (χ0v) is 37.3. The van der Waals surface area contributed by atoms with Crippen LogP contribution in [0.25, 0.3) is 16.6 Å². The summed E-state index contributed by atoms with van der Waals surface area (Å²) in [6, 6.07) is 19.7. The van der Waals surface area contributed by atoms with Crippen LogP contribution in [0.4, 0.5) is 5.69 Å². The molecular weight excluding hydrogens is 832 g/mol. The molecule has 1 saturated carbocycles. The van der Waals surface area contributed by atoms with Crippen molar-refractivity contribution < 1.29 is 24.1 Å². The monoisotopic (exact) mass is 884 g/mol. The number of amides is 1. The molecule has 61 heavy (non-hydrogen) atoms. The van der Waals surface area contributed by atoms with Gasteiger partial charge in [0.25, 0.3) is 5.91 Å². The smallest absolute Gasteiger partial charge is 0.265 e. The molecule has 14 heteroatoms. The third-order valence-electron chi connectivity index (χ3n) is 12.3. The molecule has 3 aromatic heterocycles. The molecule has 11 nitrogen and oxygen atoms in total. The van der Waals surface area contributed by atoms with Gasteiger partial charge in [-0.3, -0.25) is 14.4 Å². The van der Waals surface area contributed by atoms with Crippen molar-refractivity contribution in [2.45, 2.75) is 69.3 Å². The highest BCUT2D eigenvalue weighted by atomic mass is 35.5. The number of aliphatic hydroxyl groups is 1. The van der Waals surface area contributed by atoms with Crippen molar-refractivity contribution in [3.63, 3.8) is 0 Å². The standard InChI is InChI=1S/C47H54Cl2N6O5S/c1-46(2)14-12-34(40(25-46)32-4-6-35(48)7-5-32)28-54-18-20-55(21-19-54)36-8-9-39(42(23-36)60-37-22-33-13-17-50-43(33)51-26-37)44(56)53-61-38-24-41(49)45(52-27-38)59-29-31-10-15-47(57,16-11-31)30-58-3/h4-9,13,17,22-24,26-27,31,57H,10-12,14-16,18-21,25,28-30H2,1-3H3,(H,50,51)(H,53,56). The molecule has 0 bridgehead atoms. The summed E-state index contributed by atoms with van der Waals surface area (Å²) in [5.74, 6) is 1.27. The second-order valence-electron chi connectivity index (χ2n) is 17.5. The number of allylic oxidation sites excluding steroid dienone is 1. The zero-order chi connectivity index (χ0) is 42.6. The number of H-pyrrole nitrogens is 1. The molecule has 322 valence electrons. The molecule has 1 amide bonds. The molecule has 3 aliphatic rings. The van der Waals surface area contributed by atoms with Gasteiger partial charge in [0.15, 0.2) is 0 Å².